The molecular weight excluding hydrogens is 438 g/mol. The number of benzene rings is 4. The molecular formula is C33H38BP. The first kappa shape index (κ1) is 25.2. The van der Waals surface area contributed by atoms with Crippen LogP contribution >= 0.6 is 7.26 Å². The van der Waals surface area contributed by atoms with Crippen molar-refractivity contribution >= 4 is 35.9 Å². The third-order valence-corrected chi connectivity index (χ3v) is 8.04. The van der Waals surface area contributed by atoms with Gasteiger partial charge in [-0.25, -0.2) is 0 Å². The van der Waals surface area contributed by atoms with Crippen molar-refractivity contribution < 1.29 is 0 Å². The van der Waals surface area contributed by atoms with Crippen molar-refractivity contribution in [3.8, 4) is 0 Å². The van der Waals surface area contributed by atoms with Crippen molar-refractivity contribution in [1.82, 2.24) is 0 Å². The Hall–Kier alpha value is -2.89. The van der Waals surface area contributed by atoms with Gasteiger partial charge in [-0.15, -0.1) is 0 Å². The first-order valence-corrected chi connectivity index (χ1v) is 16.4. The Kier molecular flexibility index (Phi) is 7.78. The molecule has 0 saturated carbocycles. The van der Waals surface area contributed by atoms with E-state index in [2.05, 4.69) is 144 Å². The Morgan fingerprint density at radius 3 is 1.40 bits per heavy atom. The van der Waals surface area contributed by atoms with Crippen molar-refractivity contribution in [2.75, 3.05) is 26.2 Å². The summed E-state index contributed by atoms with van der Waals surface area (Å²) in [5.41, 5.74) is 12.2. The second-order valence-electron chi connectivity index (χ2n) is 11.1. The molecule has 0 bridgehead atoms. The quantitative estimate of drug-likeness (QED) is 0.153. The number of rotatable bonds is 7. The Labute approximate surface area is 213 Å². The SMILES string of the molecule is Cc1ccc(B(/C(=C(\C[PH](C)(C)C)c2ccccc2)c2ccc(C)cc2)c2ccc(C)cc2)cc1. The van der Waals surface area contributed by atoms with Gasteiger partial charge in [0, 0.05) is 0 Å². The van der Waals surface area contributed by atoms with E-state index in [1.54, 1.807) is 0 Å². The van der Waals surface area contributed by atoms with Gasteiger partial charge in [0.25, 0.3) is 0 Å². The molecule has 0 aromatic heterocycles. The van der Waals surface area contributed by atoms with Crippen LogP contribution in [-0.4, -0.2) is 32.9 Å². The molecule has 0 spiro atoms. The topological polar surface area (TPSA) is 0 Å². The first-order valence-electron chi connectivity index (χ1n) is 12.7. The Bertz CT molecular complexity index is 1230. The van der Waals surface area contributed by atoms with E-state index in [0.29, 0.717) is 0 Å². The molecule has 0 saturated heterocycles. The van der Waals surface area contributed by atoms with Gasteiger partial charge in [0.15, 0.2) is 0 Å². The molecule has 0 aliphatic heterocycles. The van der Waals surface area contributed by atoms with E-state index in [1.165, 1.54) is 49.8 Å². The van der Waals surface area contributed by atoms with Gasteiger partial charge in [0.05, 0.1) is 0 Å². The number of aryl methyl sites for hydroxylation is 3. The minimum absolute atomic E-state index is 0.158. The van der Waals surface area contributed by atoms with Gasteiger partial charge >= 0.3 is 214 Å². The molecule has 0 aliphatic carbocycles. The zero-order valence-electron chi connectivity index (χ0n) is 22.1. The molecule has 4 rings (SSSR count). The number of allylic oxidation sites excluding steroid dienone is 1. The van der Waals surface area contributed by atoms with Gasteiger partial charge in [-0.05, 0) is 0 Å². The first-order chi connectivity index (χ1) is 16.7. The molecule has 0 nitrogen and oxygen atoms in total. The summed E-state index contributed by atoms with van der Waals surface area (Å²) < 4.78 is 0. The Morgan fingerprint density at radius 1 is 0.543 bits per heavy atom. The average Bonchev–Trinajstić information content (AvgIpc) is 2.84. The molecule has 2 heteroatoms. The van der Waals surface area contributed by atoms with E-state index >= 15 is 0 Å². The van der Waals surface area contributed by atoms with Crippen LogP contribution < -0.4 is 10.9 Å². The van der Waals surface area contributed by atoms with Crippen molar-refractivity contribution in [2.24, 2.45) is 0 Å². The zero-order chi connectivity index (χ0) is 25.0. The number of hydrogen-bond donors (Lipinski definition) is 0. The van der Waals surface area contributed by atoms with Crippen LogP contribution in [-0.2, 0) is 0 Å². The summed E-state index contributed by atoms with van der Waals surface area (Å²) in [4.78, 5) is 0. The van der Waals surface area contributed by atoms with Crippen LogP contribution in [0.15, 0.2) is 103 Å². The summed E-state index contributed by atoms with van der Waals surface area (Å²) in [5.74, 6) is 0. The third-order valence-electron chi connectivity index (χ3n) is 6.63. The van der Waals surface area contributed by atoms with E-state index in [9.17, 15) is 0 Å². The summed E-state index contributed by atoms with van der Waals surface area (Å²) in [6.45, 7) is 14.1. The standard InChI is InChI=1S/C33H38BP/c1-25-12-18-29(19-13-25)33(32(24-35(4,5)6)28-10-8-7-9-11-28)34(30-20-14-26(2)15-21-30)31-22-16-27(3)17-23-31/h7-23,35H,24H2,1-6H3/b33-32+. The maximum absolute atomic E-state index is 2.48. The predicted octanol–water partition coefficient (Wildman–Crippen LogP) is 7.01. The average molecular weight is 476 g/mol. The van der Waals surface area contributed by atoms with Gasteiger partial charge in [-0.2, -0.15) is 0 Å². The molecule has 0 heterocycles. The van der Waals surface area contributed by atoms with Crippen LogP contribution in [0.25, 0.3) is 11.0 Å². The van der Waals surface area contributed by atoms with Crippen LogP contribution in [0.1, 0.15) is 27.8 Å². The fraction of sp³-hybridized carbons (Fsp3) is 0.212. The molecule has 178 valence electrons. The summed E-state index contributed by atoms with van der Waals surface area (Å²) >= 11 is 0. The third kappa shape index (κ3) is 6.42. The minimum atomic E-state index is -1.43. The van der Waals surface area contributed by atoms with Crippen molar-refractivity contribution in [3.05, 3.63) is 131 Å². The van der Waals surface area contributed by atoms with Crippen LogP contribution in [0, 0.1) is 20.8 Å². The van der Waals surface area contributed by atoms with Crippen LogP contribution in [0.3, 0.4) is 0 Å². The van der Waals surface area contributed by atoms with Crippen molar-refractivity contribution in [2.45, 2.75) is 20.8 Å². The molecule has 0 aliphatic rings. The second kappa shape index (κ2) is 10.8. The molecule has 0 unspecified atom stereocenters. The fourth-order valence-electron chi connectivity index (χ4n) is 4.81. The van der Waals surface area contributed by atoms with Crippen LogP contribution in [0.2, 0.25) is 0 Å². The molecule has 0 amide bonds. The normalized spacial score (nSPS) is 12.7. The Balaban J connectivity index is 2.09. The van der Waals surface area contributed by atoms with Crippen molar-refractivity contribution in [3.63, 3.8) is 0 Å². The van der Waals surface area contributed by atoms with Gasteiger partial charge in [0.1, 0.15) is 0 Å². The van der Waals surface area contributed by atoms with E-state index in [4.69, 9.17) is 0 Å². The van der Waals surface area contributed by atoms with E-state index in [0.717, 1.165) is 6.16 Å². The molecule has 0 fully saturated rings. The summed E-state index contributed by atoms with van der Waals surface area (Å²) in [7, 11) is -1.43. The fourth-order valence-corrected chi connectivity index (χ4v) is 6.27. The second-order valence-corrected chi connectivity index (χ2v) is 16.6. The van der Waals surface area contributed by atoms with Crippen molar-refractivity contribution in [1.29, 1.82) is 0 Å². The molecule has 0 N–H and O–H groups in total. The summed E-state index contributed by atoms with van der Waals surface area (Å²) in [6, 6.07) is 38.6. The summed E-state index contributed by atoms with van der Waals surface area (Å²) in [6.07, 6.45) is 1.13. The monoisotopic (exact) mass is 476 g/mol. The van der Waals surface area contributed by atoms with Gasteiger partial charge in [0.2, 0.25) is 0 Å². The molecule has 4 aromatic rings. The molecule has 4 aromatic carbocycles. The Morgan fingerprint density at radius 2 is 0.971 bits per heavy atom. The van der Waals surface area contributed by atoms with Gasteiger partial charge in [-0.1, -0.05) is 0 Å². The zero-order valence-corrected chi connectivity index (χ0v) is 23.1. The van der Waals surface area contributed by atoms with Crippen LogP contribution in [0.4, 0.5) is 0 Å². The molecule has 35 heavy (non-hydrogen) atoms. The maximum atomic E-state index is 2.48. The molecule has 0 atom stereocenters. The number of hydrogen-bond acceptors (Lipinski definition) is 0. The van der Waals surface area contributed by atoms with E-state index in [1.807, 2.05) is 0 Å². The van der Waals surface area contributed by atoms with Crippen LogP contribution in [0.5, 0.6) is 0 Å². The van der Waals surface area contributed by atoms with E-state index < -0.39 is 7.26 Å². The molecule has 0 radical (unpaired) electrons. The van der Waals surface area contributed by atoms with E-state index in [-0.39, 0.29) is 6.71 Å². The van der Waals surface area contributed by atoms with Gasteiger partial charge in [-0.3, -0.25) is 0 Å². The summed E-state index contributed by atoms with van der Waals surface area (Å²) in [5, 5.41) is 0. The van der Waals surface area contributed by atoms with Gasteiger partial charge < -0.3 is 0 Å². The predicted molar refractivity (Wildman–Crippen MR) is 163 cm³/mol.